The van der Waals surface area contributed by atoms with Crippen LogP contribution < -0.4 is 0 Å². The lowest BCUT2D eigenvalue weighted by molar-refractivity contribution is 0.375. The third-order valence-corrected chi connectivity index (χ3v) is 3.43. The Morgan fingerprint density at radius 3 is 1.92 bits per heavy atom. The van der Waals surface area contributed by atoms with Gasteiger partial charge in [0, 0.05) is 18.8 Å². The lowest BCUT2D eigenvalue weighted by atomic mass is 10.0. The van der Waals surface area contributed by atoms with Gasteiger partial charge in [-0.05, 0) is 56.8 Å². The summed E-state index contributed by atoms with van der Waals surface area (Å²) in [6, 6.07) is 0. The van der Waals surface area contributed by atoms with Gasteiger partial charge >= 0.3 is 0 Å². The smallest absolute Gasteiger partial charge is 0.0293 e. The second kappa shape index (κ2) is 20.5. The van der Waals surface area contributed by atoms with Crippen LogP contribution >= 0.6 is 0 Å². The maximum Gasteiger partial charge on any atom is 0.0293 e. The summed E-state index contributed by atoms with van der Waals surface area (Å²) in [4.78, 5) is 2.31. The summed E-state index contributed by atoms with van der Waals surface area (Å²) in [5, 5.41) is 0. The molecule has 0 amide bonds. The minimum absolute atomic E-state index is 0.556. The highest BCUT2D eigenvalue weighted by Crippen LogP contribution is 2.16. The first-order valence-corrected chi connectivity index (χ1v) is 9.95. The van der Waals surface area contributed by atoms with E-state index in [4.69, 9.17) is 0 Å². The third kappa shape index (κ3) is 17.1. The predicted octanol–water partition coefficient (Wildman–Crippen LogP) is 7.95. The quantitative estimate of drug-likeness (QED) is 0.302. The molecule has 0 saturated heterocycles. The van der Waals surface area contributed by atoms with Crippen LogP contribution in [-0.2, 0) is 0 Å². The topological polar surface area (TPSA) is 3.24 Å². The Balaban J connectivity index is -0.000000701. The number of nitrogens with zero attached hydrogens (tertiary/aromatic N) is 1. The summed E-state index contributed by atoms with van der Waals surface area (Å²) < 4.78 is 0. The number of allylic oxidation sites excluding steroid dienone is 7. The monoisotopic (exact) mass is 347 g/mol. The molecular formula is C24H45N. The van der Waals surface area contributed by atoms with E-state index in [9.17, 15) is 0 Å². The predicted molar refractivity (Wildman–Crippen MR) is 120 cm³/mol. The normalized spacial score (nSPS) is 11.4. The van der Waals surface area contributed by atoms with E-state index in [2.05, 4.69) is 90.8 Å². The van der Waals surface area contributed by atoms with E-state index in [0.717, 1.165) is 31.6 Å². The lowest BCUT2D eigenvalue weighted by Gasteiger charge is -2.22. The second-order valence-corrected chi connectivity index (χ2v) is 5.94. The number of rotatable bonds is 9. The maximum absolute atomic E-state index is 4.17. The van der Waals surface area contributed by atoms with Gasteiger partial charge in [-0.25, -0.2) is 0 Å². The molecule has 0 radical (unpaired) electrons. The Morgan fingerprint density at radius 2 is 1.60 bits per heavy atom. The number of likely N-dealkylation sites (N-methyl/N-ethyl adjacent to an activating group) is 1. The standard InChI is InChI=1S/C18H31N.C4H8.C2H6/c1-8-13-19(10-3)17(7)11-12-18(14-15(4)5)16(6)9-2;1-3-4-2;1-2/h9,11-12,14-15H,7-8,10,13H2,1-6H3;3H,1,4H2,2H3;1-2H3/b12-11-,16-9-,18-14-;;. The van der Waals surface area contributed by atoms with E-state index in [-0.39, 0.29) is 0 Å². The van der Waals surface area contributed by atoms with Crippen LogP contribution in [0.5, 0.6) is 0 Å². The Bertz CT molecular complexity index is 408. The van der Waals surface area contributed by atoms with Gasteiger partial charge in [0.1, 0.15) is 0 Å². The van der Waals surface area contributed by atoms with Crippen LogP contribution in [0.1, 0.15) is 75.2 Å². The van der Waals surface area contributed by atoms with Crippen LogP contribution in [0.2, 0.25) is 0 Å². The SMILES string of the molecule is C=C(\C=C/C(=C/C(C)C)C(/C)=C\C)N(CC)CCC.C=CCC.CC. The van der Waals surface area contributed by atoms with E-state index >= 15 is 0 Å². The van der Waals surface area contributed by atoms with Crippen molar-refractivity contribution in [3.8, 4) is 0 Å². The fourth-order valence-electron chi connectivity index (χ4n) is 1.91. The molecule has 0 N–H and O–H groups in total. The first-order chi connectivity index (χ1) is 11.9. The molecule has 0 aliphatic carbocycles. The lowest BCUT2D eigenvalue weighted by Crippen LogP contribution is -2.21. The summed E-state index contributed by atoms with van der Waals surface area (Å²) in [5.74, 6) is 0.556. The van der Waals surface area contributed by atoms with Crippen molar-refractivity contribution in [2.45, 2.75) is 75.2 Å². The van der Waals surface area contributed by atoms with E-state index < -0.39 is 0 Å². The van der Waals surface area contributed by atoms with Gasteiger partial charge in [-0.2, -0.15) is 0 Å². The summed E-state index contributed by atoms with van der Waals surface area (Å²) in [7, 11) is 0. The molecule has 0 fully saturated rings. The van der Waals surface area contributed by atoms with Crippen LogP contribution in [0.3, 0.4) is 0 Å². The number of hydrogen-bond donors (Lipinski definition) is 0. The van der Waals surface area contributed by atoms with Gasteiger partial charge in [0.05, 0.1) is 0 Å². The van der Waals surface area contributed by atoms with Crippen LogP contribution in [0.15, 0.2) is 60.4 Å². The Kier molecular flexibility index (Phi) is 23.3. The minimum Gasteiger partial charge on any atom is -0.372 e. The molecule has 0 aromatic heterocycles. The molecule has 0 aliphatic rings. The third-order valence-electron chi connectivity index (χ3n) is 3.43. The van der Waals surface area contributed by atoms with Crippen molar-refractivity contribution in [3.05, 3.63) is 60.4 Å². The molecule has 0 aromatic rings. The van der Waals surface area contributed by atoms with Crippen LogP contribution in [-0.4, -0.2) is 18.0 Å². The summed E-state index contributed by atoms with van der Waals surface area (Å²) in [6.45, 7) is 28.8. The molecule has 146 valence electrons. The second-order valence-electron chi connectivity index (χ2n) is 5.94. The van der Waals surface area contributed by atoms with Gasteiger partial charge in [-0.15, -0.1) is 6.58 Å². The van der Waals surface area contributed by atoms with E-state index in [1.54, 1.807) is 0 Å². The Morgan fingerprint density at radius 1 is 1.08 bits per heavy atom. The zero-order chi connectivity index (χ0) is 20.3. The van der Waals surface area contributed by atoms with Crippen LogP contribution in [0.25, 0.3) is 0 Å². The van der Waals surface area contributed by atoms with Crippen molar-refractivity contribution in [1.29, 1.82) is 0 Å². The minimum atomic E-state index is 0.556. The molecule has 1 heteroatoms. The van der Waals surface area contributed by atoms with Crippen molar-refractivity contribution in [3.63, 3.8) is 0 Å². The summed E-state index contributed by atoms with van der Waals surface area (Å²) >= 11 is 0. The average molecular weight is 348 g/mol. The molecule has 0 spiro atoms. The van der Waals surface area contributed by atoms with E-state index in [1.807, 2.05) is 19.9 Å². The highest BCUT2D eigenvalue weighted by Gasteiger charge is 2.02. The van der Waals surface area contributed by atoms with Crippen molar-refractivity contribution >= 4 is 0 Å². The Hall–Kier alpha value is -1.50. The Labute approximate surface area is 159 Å². The largest absolute Gasteiger partial charge is 0.372 e. The van der Waals surface area contributed by atoms with Crippen LogP contribution in [0.4, 0.5) is 0 Å². The van der Waals surface area contributed by atoms with Gasteiger partial charge in [-0.1, -0.05) is 72.4 Å². The molecule has 1 nitrogen and oxygen atoms in total. The maximum atomic E-state index is 4.17. The summed E-state index contributed by atoms with van der Waals surface area (Å²) in [6.07, 6.45) is 12.9. The zero-order valence-electron chi connectivity index (χ0n) is 18.7. The van der Waals surface area contributed by atoms with Gasteiger partial charge in [0.2, 0.25) is 0 Å². The van der Waals surface area contributed by atoms with E-state index in [1.165, 1.54) is 11.1 Å². The fourth-order valence-corrected chi connectivity index (χ4v) is 1.91. The average Bonchev–Trinajstić information content (AvgIpc) is 2.63. The molecule has 0 saturated carbocycles. The fraction of sp³-hybridized carbons (Fsp3) is 0.583. The summed E-state index contributed by atoms with van der Waals surface area (Å²) in [5.41, 5.74) is 3.71. The van der Waals surface area contributed by atoms with Gasteiger partial charge < -0.3 is 4.90 Å². The van der Waals surface area contributed by atoms with Gasteiger partial charge in [-0.3, -0.25) is 0 Å². The van der Waals surface area contributed by atoms with Crippen molar-refractivity contribution in [1.82, 2.24) is 4.90 Å². The molecule has 0 aliphatic heterocycles. The van der Waals surface area contributed by atoms with Gasteiger partial charge in [0.15, 0.2) is 0 Å². The van der Waals surface area contributed by atoms with Crippen molar-refractivity contribution in [2.24, 2.45) is 5.92 Å². The molecule has 0 rings (SSSR count). The molecule has 0 heterocycles. The molecule has 0 atom stereocenters. The van der Waals surface area contributed by atoms with Gasteiger partial charge in [0.25, 0.3) is 0 Å². The highest BCUT2D eigenvalue weighted by molar-refractivity contribution is 5.40. The first-order valence-electron chi connectivity index (χ1n) is 9.95. The first kappa shape index (κ1) is 28.3. The van der Waals surface area contributed by atoms with Crippen molar-refractivity contribution < 1.29 is 0 Å². The molecular weight excluding hydrogens is 302 g/mol. The van der Waals surface area contributed by atoms with Crippen LogP contribution in [0, 0.1) is 5.92 Å². The zero-order valence-corrected chi connectivity index (χ0v) is 18.7. The van der Waals surface area contributed by atoms with Crippen molar-refractivity contribution in [2.75, 3.05) is 13.1 Å². The number of hydrogen-bond acceptors (Lipinski definition) is 1. The molecule has 0 aromatic carbocycles. The molecule has 0 unspecified atom stereocenters. The molecule has 0 bridgehead atoms. The molecule has 25 heavy (non-hydrogen) atoms. The van der Waals surface area contributed by atoms with E-state index in [0.29, 0.717) is 5.92 Å². The highest BCUT2D eigenvalue weighted by atomic mass is 15.1.